The number of aliphatic hydroxyl groups is 12. The molecule has 8 aliphatic rings. The van der Waals surface area contributed by atoms with E-state index in [2.05, 4.69) is 41.5 Å². The Labute approximate surface area is 393 Å². The van der Waals surface area contributed by atoms with Crippen molar-refractivity contribution in [3.05, 3.63) is 0 Å². The lowest BCUT2D eigenvalue weighted by Crippen LogP contribution is -2.66. The van der Waals surface area contributed by atoms with Crippen molar-refractivity contribution in [3.8, 4) is 0 Å². The van der Waals surface area contributed by atoms with Crippen LogP contribution in [0.4, 0.5) is 0 Å². The molecule has 0 unspecified atom stereocenters. The quantitative estimate of drug-likeness (QED) is 0.113. The second kappa shape index (κ2) is 18.6. The van der Waals surface area contributed by atoms with Gasteiger partial charge in [-0.2, -0.15) is 0 Å². The van der Waals surface area contributed by atoms with Gasteiger partial charge < -0.3 is 94.4 Å². The van der Waals surface area contributed by atoms with Crippen LogP contribution in [0.15, 0.2) is 0 Å². The van der Waals surface area contributed by atoms with E-state index < -0.39 is 147 Å². The second-order valence-electron chi connectivity index (χ2n) is 23.8. The van der Waals surface area contributed by atoms with Gasteiger partial charge in [-0.25, -0.2) is 0 Å². The highest BCUT2D eigenvalue weighted by atomic mass is 16.8. The van der Waals surface area contributed by atoms with Crippen molar-refractivity contribution in [1.82, 2.24) is 0 Å². The van der Waals surface area contributed by atoms with Crippen LogP contribution in [0.2, 0.25) is 0 Å². The van der Waals surface area contributed by atoms with E-state index in [1.54, 1.807) is 0 Å². The number of fused-ring (bicyclic) bond motifs is 5. The van der Waals surface area contributed by atoms with Crippen LogP contribution in [0.3, 0.4) is 0 Å². The highest BCUT2D eigenvalue weighted by Gasteiger charge is 2.72. The van der Waals surface area contributed by atoms with E-state index >= 15 is 0 Å². The van der Waals surface area contributed by atoms with Gasteiger partial charge in [0.25, 0.3) is 0 Å². The fraction of sp³-hybridized carbons (Fsp3) is 1.00. The summed E-state index contributed by atoms with van der Waals surface area (Å²) >= 11 is 0. The summed E-state index contributed by atoms with van der Waals surface area (Å²) in [5, 5.41) is 127. The summed E-state index contributed by atoms with van der Waals surface area (Å²) in [6.45, 7) is 15.5. The van der Waals surface area contributed by atoms with E-state index in [4.69, 9.17) is 33.2 Å². The van der Waals surface area contributed by atoms with Crippen LogP contribution in [0.25, 0.3) is 0 Å². The van der Waals surface area contributed by atoms with Crippen LogP contribution in [-0.2, 0) is 33.2 Å². The predicted molar refractivity (Wildman–Crippen MR) is 233 cm³/mol. The highest BCUT2D eigenvalue weighted by Crippen LogP contribution is 2.76. The normalized spacial score (nSPS) is 55.7. The van der Waals surface area contributed by atoms with Crippen LogP contribution >= 0.6 is 0 Å². The molecule has 0 spiro atoms. The molecule has 0 aromatic rings. The standard InChI is InChI=1S/C48H82O19/c1-43(2)26-11-15-46(6)27(45(26,5)14-12-28(43)64-42-39(36(58)33(55)25(20-51)63-42)65-40-37(59)34(56)31(53)23(18-49)61-40)10-9-21-30(22(52)17-47(21,46)7)48(8)16-13-29(66-48)44(3,4)67-41-38(60)35(57)32(54)24(19-50)62-41/h21-42,49-60H,9-20H2,1-8H3/t21-,22-,23-,24-,25-,26+,27-,28+,29+,30-,31-,32-,33-,34+,35+,36+,37-,38-,39-,40+,41+,42+,45+,46-,47-,48+/m1/s1. The molecule has 67 heavy (non-hydrogen) atoms. The van der Waals surface area contributed by atoms with Crippen molar-refractivity contribution in [2.24, 2.45) is 45.3 Å². The molecule has 4 aliphatic heterocycles. The van der Waals surface area contributed by atoms with Crippen molar-refractivity contribution >= 4 is 0 Å². The van der Waals surface area contributed by atoms with Gasteiger partial charge >= 0.3 is 0 Å². The Kier molecular flexibility index (Phi) is 14.6. The molecule has 388 valence electrons. The first-order chi connectivity index (χ1) is 31.2. The van der Waals surface area contributed by atoms with Gasteiger partial charge in [0.15, 0.2) is 18.9 Å². The maximum absolute atomic E-state index is 12.3. The van der Waals surface area contributed by atoms with Gasteiger partial charge in [-0.05, 0) is 118 Å². The number of hydrogen-bond donors (Lipinski definition) is 12. The lowest BCUT2D eigenvalue weighted by atomic mass is 9.35. The molecule has 0 amide bonds. The lowest BCUT2D eigenvalue weighted by molar-refractivity contribution is -0.378. The molecule has 19 nitrogen and oxygen atoms in total. The summed E-state index contributed by atoms with van der Waals surface area (Å²) in [6.07, 6.45) is -16.8. The summed E-state index contributed by atoms with van der Waals surface area (Å²) in [4.78, 5) is 0. The van der Waals surface area contributed by atoms with E-state index in [9.17, 15) is 61.3 Å². The van der Waals surface area contributed by atoms with Crippen molar-refractivity contribution < 1.29 is 94.4 Å². The molecule has 4 aliphatic carbocycles. The Morgan fingerprint density at radius 1 is 0.537 bits per heavy atom. The van der Waals surface area contributed by atoms with Gasteiger partial charge in [0.2, 0.25) is 0 Å². The third-order valence-electron chi connectivity index (χ3n) is 19.7. The van der Waals surface area contributed by atoms with Crippen LogP contribution in [0.1, 0.15) is 113 Å². The molecule has 8 rings (SSSR count). The molecule has 4 saturated heterocycles. The molecule has 0 radical (unpaired) electrons. The zero-order valence-corrected chi connectivity index (χ0v) is 40.4. The largest absolute Gasteiger partial charge is 0.394 e. The molecule has 0 aromatic carbocycles. The minimum absolute atomic E-state index is 0.124. The Hall–Kier alpha value is -0.760. The maximum atomic E-state index is 12.3. The third-order valence-corrected chi connectivity index (χ3v) is 19.7. The molecular formula is C48H82O19. The zero-order valence-electron chi connectivity index (χ0n) is 40.4. The smallest absolute Gasteiger partial charge is 0.187 e. The van der Waals surface area contributed by atoms with Gasteiger partial charge in [0.05, 0.1) is 49.3 Å². The average molecular weight is 963 g/mol. The van der Waals surface area contributed by atoms with Crippen molar-refractivity contribution in [2.75, 3.05) is 19.8 Å². The van der Waals surface area contributed by atoms with Crippen molar-refractivity contribution in [2.45, 2.75) is 235 Å². The Morgan fingerprint density at radius 3 is 1.69 bits per heavy atom. The molecular weight excluding hydrogens is 881 g/mol. The van der Waals surface area contributed by atoms with Crippen LogP contribution < -0.4 is 0 Å². The summed E-state index contributed by atoms with van der Waals surface area (Å²) < 4.78 is 43.5. The van der Waals surface area contributed by atoms with Gasteiger partial charge in [-0.1, -0.05) is 34.6 Å². The summed E-state index contributed by atoms with van der Waals surface area (Å²) in [6, 6.07) is 0. The summed E-state index contributed by atoms with van der Waals surface area (Å²) in [7, 11) is 0. The first kappa shape index (κ1) is 52.6. The molecule has 4 saturated carbocycles. The summed E-state index contributed by atoms with van der Waals surface area (Å²) in [5.74, 6) is 0.505. The molecule has 0 aromatic heterocycles. The van der Waals surface area contributed by atoms with E-state index in [1.807, 2.05) is 13.8 Å². The topological polar surface area (TPSA) is 307 Å². The lowest BCUT2D eigenvalue weighted by Gasteiger charge is -2.70. The van der Waals surface area contributed by atoms with Crippen molar-refractivity contribution in [1.29, 1.82) is 0 Å². The first-order valence-corrected chi connectivity index (χ1v) is 24.8. The van der Waals surface area contributed by atoms with Crippen molar-refractivity contribution in [3.63, 3.8) is 0 Å². The number of rotatable bonds is 11. The zero-order chi connectivity index (χ0) is 49.1. The summed E-state index contributed by atoms with van der Waals surface area (Å²) in [5.41, 5.74) is -2.63. The van der Waals surface area contributed by atoms with E-state index in [0.717, 1.165) is 32.1 Å². The number of aliphatic hydroxyl groups excluding tert-OH is 12. The van der Waals surface area contributed by atoms with Crippen LogP contribution in [-0.4, -0.2) is 203 Å². The van der Waals surface area contributed by atoms with E-state index in [1.165, 1.54) is 0 Å². The molecule has 8 fully saturated rings. The monoisotopic (exact) mass is 963 g/mol. The third kappa shape index (κ3) is 8.40. The Balaban J connectivity index is 0.973. The minimum atomic E-state index is -1.78. The minimum Gasteiger partial charge on any atom is -0.394 e. The average Bonchev–Trinajstić information content (AvgIpc) is 3.81. The van der Waals surface area contributed by atoms with Gasteiger partial charge in [0.1, 0.15) is 73.2 Å². The first-order valence-electron chi connectivity index (χ1n) is 24.8. The van der Waals surface area contributed by atoms with Gasteiger partial charge in [0, 0.05) is 5.92 Å². The number of ether oxygens (including phenoxy) is 7. The highest BCUT2D eigenvalue weighted by molar-refractivity contribution is 5.20. The molecule has 19 heteroatoms. The molecule has 0 bridgehead atoms. The van der Waals surface area contributed by atoms with E-state index in [-0.39, 0.29) is 34.0 Å². The maximum Gasteiger partial charge on any atom is 0.187 e. The molecule has 26 atom stereocenters. The predicted octanol–water partition coefficient (Wildman–Crippen LogP) is -0.816. The SMILES string of the molecule is CC(C)(O[C@@H]1O[C@H](CO)[C@@H](O)[C@H](O)[C@H]1O)[C@@H]1CC[C@@](C)([C@H]2[C@H](O)C[C@]3(C)[C@@H]2CC[C@@H]2[C@@]4(C)CC[C@H](O[C@@H]5O[C@H](CO)[C@@H](O)[C@H](O)[C@H]5O[C@@H]5O[C@H](CO)[C@@H](O)[C@H](O)[C@H]5O)C(C)(C)[C@@H]4CC[C@]23C)O1. The number of hydrogen-bond acceptors (Lipinski definition) is 19. The fourth-order valence-corrected chi connectivity index (χ4v) is 15.8. The molecule has 12 N–H and O–H groups in total. The van der Waals surface area contributed by atoms with Crippen LogP contribution in [0, 0.1) is 45.3 Å². The fourth-order valence-electron chi connectivity index (χ4n) is 15.8. The van der Waals surface area contributed by atoms with Crippen LogP contribution in [0.5, 0.6) is 0 Å². The van der Waals surface area contributed by atoms with E-state index in [0.29, 0.717) is 31.6 Å². The van der Waals surface area contributed by atoms with Gasteiger partial charge in [-0.3, -0.25) is 0 Å². The second-order valence-corrected chi connectivity index (χ2v) is 23.8. The molecule has 4 heterocycles. The van der Waals surface area contributed by atoms with Gasteiger partial charge in [-0.15, -0.1) is 0 Å². The Morgan fingerprint density at radius 2 is 1.09 bits per heavy atom. The Bertz CT molecular complexity index is 1720.